The van der Waals surface area contributed by atoms with E-state index >= 15 is 0 Å². The summed E-state index contributed by atoms with van der Waals surface area (Å²) in [7, 11) is 0. The van der Waals surface area contributed by atoms with Crippen LogP contribution < -0.4 is 10.1 Å². The first-order valence-electron chi connectivity index (χ1n) is 7.18. The number of aromatic nitrogens is 1. The Bertz CT molecular complexity index is 653. The number of aliphatic hydroxyl groups is 1. The SMILES string of the molecule is CCOc1ccc(NC(=O)c2csc(C(C)C)n2)cc1CO. The van der Waals surface area contributed by atoms with Crippen LogP contribution in [0.3, 0.4) is 0 Å². The van der Waals surface area contributed by atoms with E-state index < -0.39 is 0 Å². The van der Waals surface area contributed by atoms with Crippen LogP contribution in [0.4, 0.5) is 5.69 Å². The number of nitrogens with one attached hydrogen (secondary N) is 1. The molecule has 1 amide bonds. The standard InChI is InChI=1S/C16H20N2O3S/c1-4-21-14-6-5-12(7-11(14)8-19)17-15(20)13-9-22-16(18-13)10(2)3/h5-7,9-10,19H,4,8H2,1-3H3,(H,17,20). The minimum absolute atomic E-state index is 0.146. The lowest BCUT2D eigenvalue weighted by molar-refractivity contribution is 0.102. The van der Waals surface area contributed by atoms with Crippen molar-refractivity contribution in [1.29, 1.82) is 0 Å². The number of nitrogens with zero attached hydrogens (tertiary/aromatic N) is 1. The molecule has 0 atom stereocenters. The largest absolute Gasteiger partial charge is 0.494 e. The van der Waals surface area contributed by atoms with Crippen LogP contribution in [0.25, 0.3) is 0 Å². The number of benzene rings is 1. The Labute approximate surface area is 134 Å². The van der Waals surface area contributed by atoms with Crippen molar-refractivity contribution < 1.29 is 14.6 Å². The van der Waals surface area contributed by atoms with E-state index in [0.29, 0.717) is 35.2 Å². The molecule has 2 N–H and O–H groups in total. The van der Waals surface area contributed by atoms with Gasteiger partial charge in [-0.25, -0.2) is 4.98 Å². The molecule has 22 heavy (non-hydrogen) atoms. The number of hydrogen-bond donors (Lipinski definition) is 2. The zero-order valence-electron chi connectivity index (χ0n) is 12.9. The topological polar surface area (TPSA) is 71.5 Å². The molecule has 0 bridgehead atoms. The summed E-state index contributed by atoms with van der Waals surface area (Å²) >= 11 is 1.48. The van der Waals surface area contributed by atoms with Crippen LogP contribution in [0.2, 0.25) is 0 Å². The van der Waals surface area contributed by atoms with Gasteiger partial charge < -0.3 is 15.2 Å². The van der Waals surface area contributed by atoms with Crippen LogP contribution >= 0.6 is 11.3 Å². The number of amides is 1. The molecule has 5 nitrogen and oxygen atoms in total. The Hall–Kier alpha value is -1.92. The Morgan fingerprint density at radius 1 is 1.45 bits per heavy atom. The van der Waals surface area contributed by atoms with Crippen LogP contribution in [0.5, 0.6) is 5.75 Å². The highest BCUT2D eigenvalue weighted by Crippen LogP contribution is 2.24. The maximum absolute atomic E-state index is 12.2. The maximum atomic E-state index is 12.2. The quantitative estimate of drug-likeness (QED) is 0.855. The average molecular weight is 320 g/mol. The molecule has 0 saturated carbocycles. The van der Waals surface area contributed by atoms with Gasteiger partial charge in [-0.1, -0.05) is 13.8 Å². The predicted octanol–water partition coefficient (Wildman–Crippen LogP) is 3.41. The first-order chi connectivity index (χ1) is 10.5. The van der Waals surface area contributed by atoms with Crippen molar-refractivity contribution in [3.8, 4) is 5.75 Å². The van der Waals surface area contributed by atoms with Gasteiger partial charge in [-0.15, -0.1) is 11.3 Å². The van der Waals surface area contributed by atoms with Crippen molar-refractivity contribution in [2.45, 2.75) is 33.3 Å². The first-order valence-corrected chi connectivity index (χ1v) is 8.06. The minimum Gasteiger partial charge on any atom is -0.494 e. The molecule has 0 aliphatic rings. The molecule has 0 aliphatic carbocycles. The number of ether oxygens (including phenoxy) is 1. The molecule has 118 valence electrons. The van der Waals surface area contributed by atoms with Crippen LogP contribution in [0, 0.1) is 0 Å². The van der Waals surface area contributed by atoms with E-state index in [4.69, 9.17) is 4.74 Å². The van der Waals surface area contributed by atoms with Crippen LogP contribution in [0.1, 0.15) is 47.7 Å². The summed E-state index contributed by atoms with van der Waals surface area (Å²) in [5.74, 6) is 0.674. The number of hydrogen-bond acceptors (Lipinski definition) is 5. The van der Waals surface area contributed by atoms with Gasteiger partial charge in [-0.05, 0) is 25.1 Å². The van der Waals surface area contributed by atoms with Gasteiger partial charge in [0.25, 0.3) is 5.91 Å². The average Bonchev–Trinajstić information content (AvgIpc) is 2.99. The molecule has 0 saturated heterocycles. The second-order valence-corrected chi connectivity index (χ2v) is 5.98. The lowest BCUT2D eigenvalue weighted by Crippen LogP contribution is -2.13. The number of rotatable bonds is 6. The second kappa shape index (κ2) is 7.38. The van der Waals surface area contributed by atoms with Gasteiger partial charge in [0.2, 0.25) is 0 Å². The lowest BCUT2D eigenvalue weighted by Gasteiger charge is -2.11. The molecular formula is C16H20N2O3S. The summed E-state index contributed by atoms with van der Waals surface area (Å²) < 4.78 is 5.42. The van der Waals surface area contributed by atoms with Gasteiger partial charge in [0.05, 0.1) is 18.2 Å². The zero-order chi connectivity index (χ0) is 16.1. The Morgan fingerprint density at radius 2 is 2.23 bits per heavy atom. The molecule has 0 fully saturated rings. The molecule has 2 rings (SSSR count). The third kappa shape index (κ3) is 3.84. The molecule has 1 aromatic carbocycles. The third-order valence-corrected chi connectivity index (χ3v) is 4.18. The van der Waals surface area contributed by atoms with Crippen LogP contribution in [-0.2, 0) is 6.61 Å². The highest BCUT2D eigenvalue weighted by molar-refractivity contribution is 7.09. The fourth-order valence-electron chi connectivity index (χ4n) is 1.93. The van der Waals surface area contributed by atoms with Gasteiger partial charge in [0.15, 0.2) is 0 Å². The zero-order valence-corrected chi connectivity index (χ0v) is 13.7. The molecule has 6 heteroatoms. The summed E-state index contributed by atoms with van der Waals surface area (Å²) in [5.41, 5.74) is 1.66. The summed E-state index contributed by atoms with van der Waals surface area (Å²) in [4.78, 5) is 16.5. The highest BCUT2D eigenvalue weighted by atomic mass is 32.1. The molecule has 2 aromatic rings. The van der Waals surface area contributed by atoms with Crippen LogP contribution in [-0.4, -0.2) is 22.6 Å². The fourth-order valence-corrected chi connectivity index (χ4v) is 2.74. The van der Waals surface area contributed by atoms with Crippen molar-refractivity contribution in [3.05, 3.63) is 39.8 Å². The molecule has 0 radical (unpaired) electrons. The molecule has 1 heterocycles. The van der Waals surface area contributed by atoms with Crippen LogP contribution in [0.15, 0.2) is 23.6 Å². The van der Waals surface area contributed by atoms with Gasteiger partial charge >= 0.3 is 0 Å². The first kappa shape index (κ1) is 16.5. The van der Waals surface area contributed by atoms with Gasteiger partial charge in [-0.3, -0.25) is 4.79 Å². The van der Waals surface area contributed by atoms with E-state index in [9.17, 15) is 9.90 Å². The summed E-state index contributed by atoms with van der Waals surface area (Å²) in [6, 6.07) is 5.20. The predicted molar refractivity (Wildman–Crippen MR) is 87.7 cm³/mol. The molecule has 1 aromatic heterocycles. The fraction of sp³-hybridized carbons (Fsp3) is 0.375. The molecular weight excluding hydrogens is 300 g/mol. The maximum Gasteiger partial charge on any atom is 0.275 e. The van der Waals surface area contributed by atoms with E-state index in [0.717, 1.165) is 5.01 Å². The summed E-state index contributed by atoms with van der Waals surface area (Å²) in [6.45, 7) is 6.34. The molecule has 0 aliphatic heterocycles. The van der Waals surface area contributed by atoms with E-state index in [1.807, 2.05) is 20.8 Å². The smallest absolute Gasteiger partial charge is 0.275 e. The van der Waals surface area contributed by atoms with E-state index in [2.05, 4.69) is 10.3 Å². The van der Waals surface area contributed by atoms with Gasteiger partial charge in [-0.2, -0.15) is 0 Å². The second-order valence-electron chi connectivity index (χ2n) is 5.09. The van der Waals surface area contributed by atoms with Crippen molar-refractivity contribution in [1.82, 2.24) is 4.98 Å². The Morgan fingerprint density at radius 3 is 2.82 bits per heavy atom. The van der Waals surface area contributed by atoms with Gasteiger partial charge in [0.1, 0.15) is 11.4 Å². The number of anilines is 1. The van der Waals surface area contributed by atoms with Gasteiger partial charge in [0, 0.05) is 22.5 Å². The van der Waals surface area contributed by atoms with Crippen molar-refractivity contribution in [2.75, 3.05) is 11.9 Å². The van der Waals surface area contributed by atoms with Crippen molar-refractivity contribution >= 4 is 22.9 Å². The molecule has 0 spiro atoms. The summed E-state index contributed by atoms with van der Waals surface area (Å²) in [5, 5.41) is 14.9. The number of aliphatic hydroxyl groups excluding tert-OH is 1. The van der Waals surface area contributed by atoms with Crippen molar-refractivity contribution in [3.63, 3.8) is 0 Å². The normalized spacial score (nSPS) is 10.8. The minimum atomic E-state index is -0.254. The summed E-state index contributed by atoms with van der Waals surface area (Å²) in [6.07, 6.45) is 0. The monoisotopic (exact) mass is 320 g/mol. The van der Waals surface area contributed by atoms with E-state index in [1.54, 1.807) is 23.6 Å². The Balaban J connectivity index is 2.13. The van der Waals surface area contributed by atoms with E-state index in [-0.39, 0.29) is 12.5 Å². The number of carbonyl (C=O) groups excluding carboxylic acids is 1. The molecule has 0 unspecified atom stereocenters. The third-order valence-electron chi connectivity index (χ3n) is 3.04. The Kier molecular flexibility index (Phi) is 5.51. The number of thiazole rings is 1. The van der Waals surface area contributed by atoms with Crippen molar-refractivity contribution in [2.24, 2.45) is 0 Å². The van der Waals surface area contributed by atoms with E-state index in [1.165, 1.54) is 11.3 Å². The highest BCUT2D eigenvalue weighted by Gasteiger charge is 2.13. The lowest BCUT2D eigenvalue weighted by atomic mass is 10.2. The number of carbonyl (C=O) groups is 1.